The molecule has 1 heterocycles. The van der Waals surface area contributed by atoms with E-state index in [0.29, 0.717) is 21.7 Å². The lowest BCUT2D eigenvalue weighted by Crippen LogP contribution is -2.37. The molecule has 0 saturated carbocycles. The molecule has 0 atom stereocenters. The van der Waals surface area contributed by atoms with Gasteiger partial charge >= 0.3 is 0 Å². The molecule has 1 aliphatic heterocycles. The quantitative estimate of drug-likeness (QED) is 0.362. The molecule has 0 radical (unpaired) electrons. The topological polar surface area (TPSA) is 21.7 Å². The Bertz CT molecular complexity index is 636. The fraction of sp³-hybridized carbons (Fsp3) is 0.829. The molecule has 0 bridgehead atoms. The molecule has 1 aromatic carbocycles. The molecule has 0 unspecified atom stereocenters. The van der Waals surface area contributed by atoms with Crippen LogP contribution in [0.1, 0.15) is 121 Å². The number of morpholine rings is 1. The van der Waals surface area contributed by atoms with Crippen LogP contribution in [0, 0.1) is 21.7 Å². The molecule has 0 aliphatic carbocycles. The van der Waals surface area contributed by atoms with E-state index in [1.165, 1.54) is 31.4 Å². The van der Waals surface area contributed by atoms with Crippen LogP contribution in [-0.2, 0) is 15.9 Å². The van der Waals surface area contributed by atoms with Gasteiger partial charge in [-0.05, 0) is 59.5 Å². The number of benzene rings is 1. The van der Waals surface area contributed by atoms with Gasteiger partial charge in [-0.2, -0.15) is 0 Å². The predicted molar refractivity (Wildman–Crippen MR) is 171 cm³/mol. The molecule has 226 valence electrons. The number of hydrogen-bond acceptors (Lipinski definition) is 3. The van der Waals surface area contributed by atoms with Crippen LogP contribution in [0.15, 0.2) is 30.3 Å². The highest BCUT2D eigenvalue weighted by Gasteiger charge is 2.15. The second-order valence-electron chi connectivity index (χ2n) is 15.6. The second-order valence-corrected chi connectivity index (χ2v) is 15.6. The van der Waals surface area contributed by atoms with E-state index in [1.54, 1.807) is 7.11 Å². The zero-order valence-electron chi connectivity index (χ0n) is 28.4. The fourth-order valence-corrected chi connectivity index (χ4v) is 3.68. The van der Waals surface area contributed by atoms with Crippen molar-refractivity contribution in [2.75, 3.05) is 46.6 Å². The van der Waals surface area contributed by atoms with Gasteiger partial charge in [-0.3, -0.25) is 4.90 Å². The van der Waals surface area contributed by atoms with Crippen molar-refractivity contribution in [1.29, 1.82) is 0 Å². The Morgan fingerprint density at radius 2 is 1.16 bits per heavy atom. The maximum atomic E-state index is 5.29. The van der Waals surface area contributed by atoms with Crippen molar-refractivity contribution in [3.05, 3.63) is 35.9 Å². The van der Waals surface area contributed by atoms with Crippen LogP contribution >= 0.6 is 0 Å². The van der Waals surface area contributed by atoms with Crippen molar-refractivity contribution < 1.29 is 9.47 Å². The van der Waals surface area contributed by atoms with E-state index in [4.69, 9.17) is 9.47 Å². The van der Waals surface area contributed by atoms with Crippen LogP contribution in [0.3, 0.4) is 0 Å². The Labute approximate surface area is 240 Å². The summed E-state index contributed by atoms with van der Waals surface area (Å²) in [5.41, 5.74) is 3.28. The van der Waals surface area contributed by atoms with Gasteiger partial charge in [-0.15, -0.1) is 0 Å². The lowest BCUT2D eigenvalue weighted by molar-refractivity contribution is 0.0333. The van der Waals surface area contributed by atoms with Gasteiger partial charge in [0.2, 0.25) is 0 Å². The van der Waals surface area contributed by atoms with Crippen molar-refractivity contribution in [3.8, 4) is 0 Å². The molecule has 0 aromatic heterocycles. The van der Waals surface area contributed by atoms with E-state index in [0.717, 1.165) is 45.8 Å². The van der Waals surface area contributed by atoms with E-state index < -0.39 is 0 Å². The van der Waals surface area contributed by atoms with Gasteiger partial charge in [-0.25, -0.2) is 0 Å². The van der Waals surface area contributed by atoms with E-state index in [1.807, 2.05) is 0 Å². The van der Waals surface area contributed by atoms with Crippen molar-refractivity contribution in [2.24, 2.45) is 21.7 Å². The molecule has 3 heteroatoms. The Morgan fingerprint density at radius 1 is 0.684 bits per heavy atom. The first-order valence-electron chi connectivity index (χ1n) is 15.1. The minimum Gasteiger partial charge on any atom is -0.385 e. The SMILES string of the molecule is CC(C)(C)CCN1CCOCC1.CC(C)(C)Cc1ccccc1.CCCC(C)(C)C.COCCC(C)(C)C. The number of rotatable bonds is 6. The van der Waals surface area contributed by atoms with E-state index in [9.17, 15) is 0 Å². The highest BCUT2D eigenvalue weighted by molar-refractivity contribution is 5.15. The largest absolute Gasteiger partial charge is 0.385 e. The zero-order valence-corrected chi connectivity index (χ0v) is 28.4. The lowest BCUT2D eigenvalue weighted by Gasteiger charge is -2.29. The maximum absolute atomic E-state index is 5.29. The number of ether oxygens (including phenoxy) is 2. The predicted octanol–water partition coefficient (Wildman–Crippen LogP) is 9.93. The number of methoxy groups -OCH3 is 1. The van der Waals surface area contributed by atoms with Crippen molar-refractivity contribution >= 4 is 0 Å². The molecule has 0 N–H and O–H groups in total. The first-order chi connectivity index (χ1) is 17.3. The average Bonchev–Trinajstić information content (AvgIpc) is 2.76. The Kier molecular flexibility index (Phi) is 20.7. The summed E-state index contributed by atoms with van der Waals surface area (Å²) in [4.78, 5) is 2.49. The molecule has 2 rings (SSSR count). The van der Waals surface area contributed by atoms with Crippen LogP contribution in [0.5, 0.6) is 0 Å². The molecular weight excluding hydrogens is 466 g/mol. The molecular formula is C35H69NO2. The van der Waals surface area contributed by atoms with Crippen LogP contribution in [0.25, 0.3) is 0 Å². The van der Waals surface area contributed by atoms with Gasteiger partial charge in [0.15, 0.2) is 0 Å². The summed E-state index contributed by atoms with van der Waals surface area (Å²) in [5, 5.41) is 0. The number of hydrogen-bond donors (Lipinski definition) is 0. The summed E-state index contributed by atoms with van der Waals surface area (Å²) in [6, 6.07) is 10.6. The second kappa shape index (κ2) is 20.0. The van der Waals surface area contributed by atoms with Crippen molar-refractivity contribution in [2.45, 2.75) is 122 Å². The standard InChI is InChI=1S/C11H16.C10H21NO.C7H16O.C7H16/c1-11(2,3)9-10-7-5-4-6-8-10;1-10(2,3)4-5-11-6-8-12-9-7-11;1-7(2,3)5-6-8-4;1-5-6-7(2,3)4/h4-8H,9H2,1-3H3;4-9H2,1-3H3;5-6H2,1-4H3;5-6H2,1-4H3. The Morgan fingerprint density at radius 3 is 1.47 bits per heavy atom. The van der Waals surface area contributed by atoms with Gasteiger partial charge in [0.1, 0.15) is 0 Å². The normalized spacial score (nSPS) is 14.8. The van der Waals surface area contributed by atoms with Crippen LogP contribution in [0.2, 0.25) is 0 Å². The molecule has 38 heavy (non-hydrogen) atoms. The van der Waals surface area contributed by atoms with Gasteiger partial charge in [-0.1, -0.05) is 127 Å². The summed E-state index contributed by atoms with van der Waals surface area (Å²) < 4.78 is 10.2. The van der Waals surface area contributed by atoms with Crippen LogP contribution in [-0.4, -0.2) is 51.5 Å². The third kappa shape index (κ3) is 33.1. The molecule has 1 aromatic rings. The molecule has 1 saturated heterocycles. The highest BCUT2D eigenvalue weighted by atomic mass is 16.5. The minimum atomic E-state index is 0.404. The molecule has 1 fully saturated rings. The van der Waals surface area contributed by atoms with Crippen molar-refractivity contribution in [3.63, 3.8) is 0 Å². The summed E-state index contributed by atoms with van der Waals surface area (Å²) >= 11 is 0. The van der Waals surface area contributed by atoms with Crippen LogP contribution in [0.4, 0.5) is 0 Å². The van der Waals surface area contributed by atoms with E-state index in [2.05, 4.69) is 125 Å². The third-order valence-corrected chi connectivity index (χ3v) is 5.92. The molecule has 3 nitrogen and oxygen atoms in total. The zero-order chi connectivity index (χ0) is 29.9. The molecule has 0 spiro atoms. The highest BCUT2D eigenvalue weighted by Crippen LogP contribution is 2.21. The van der Waals surface area contributed by atoms with Gasteiger partial charge in [0.25, 0.3) is 0 Å². The maximum Gasteiger partial charge on any atom is 0.0594 e. The van der Waals surface area contributed by atoms with Gasteiger partial charge < -0.3 is 9.47 Å². The molecule has 0 amide bonds. The van der Waals surface area contributed by atoms with Crippen molar-refractivity contribution in [1.82, 2.24) is 4.90 Å². The summed E-state index contributed by atoms with van der Waals surface area (Å²) in [6.45, 7) is 35.6. The van der Waals surface area contributed by atoms with Gasteiger partial charge in [0, 0.05) is 26.8 Å². The smallest absolute Gasteiger partial charge is 0.0594 e. The minimum absolute atomic E-state index is 0.404. The summed E-state index contributed by atoms with van der Waals surface area (Å²) in [6.07, 6.45) is 6.24. The van der Waals surface area contributed by atoms with Crippen LogP contribution < -0.4 is 0 Å². The third-order valence-electron chi connectivity index (χ3n) is 5.92. The Hall–Kier alpha value is -0.900. The number of nitrogens with zero attached hydrogens (tertiary/aromatic N) is 1. The lowest BCUT2D eigenvalue weighted by atomic mass is 9.88. The van der Waals surface area contributed by atoms with Gasteiger partial charge in [0.05, 0.1) is 13.2 Å². The Balaban J connectivity index is 0. The van der Waals surface area contributed by atoms with E-state index >= 15 is 0 Å². The monoisotopic (exact) mass is 536 g/mol. The first kappa shape index (κ1) is 39.2. The first-order valence-corrected chi connectivity index (χ1v) is 15.1. The summed E-state index contributed by atoms with van der Waals surface area (Å²) in [5.74, 6) is 0. The van der Waals surface area contributed by atoms with E-state index in [-0.39, 0.29) is 0 Å². The average molecular weight is 536 g/mol. The fourth-order valence-electron chi connectivity index (χ4n) is 3.68. The molecule has 1 aliphatic rings. The summed E-state index contributed by atoms with van der Waals surface area (Å²) in [7, 11) is 1.74.